The van der Waals surface area contributed by atoms with Crippen molar-refractivity contribution in [3.8, 4) is 5.75 Å². The highest BCUT2D eigenvalue weighted by molar-refractivity contribution is 6.41. The molecule has 0 heterocycles. The third-order valence-electron chi connectivity index (χ3n) is 1.48. The Morgan fingerprint density at radius 1 is 1.36 bits per heavy atom. The molecule has 0 saturated carbocycles. The van der Waals surface area contributed by atoms with Gasteiger partial charge in [0.25, 0.3) is 5.78 Å². The number of carbonyl (C=O) groups is 2. The summed E-state index contributed by atoms with van der Waals surface area (Å²) < 4.78 is 12.9. The number of ketones is 1. The Morgan fingerprint density at radius 2 is 1.93 bits per heavy atom. The number of aliphatic carboxylic acids is 1. The van der Waals surface area contributed by atoms with Crippen molar-refractivity contribution in [2.45, 2.75) is 0 Å². The van der Waals surface area contributed by atoms with Gasteiger partial charge in [-0.05, 0) is 6.07 Å². The van der Waals surface area contributed by atoms with Gasteiger partial charge in [0.2, 0.25) is 0 Å². The number of carboxylic acids is 1. The summed E-state index contributed by atoms with van der Waals surface area (Å²) in [5.41, 5.74) is -0.680. The first-order chi connectivity index (χ1) is 6.43. The molecule has 0 spiro atoms. The number of rotatable bonds is 2. The fourth-order valence-corrected chi connectivity index (χ4v) is 0.989. The van der Waals surface area contributed by atoms with E-state index in [1.165, 1.54) is 0 Å². The predicted octanol–water partition coefficient (Wildman–Crippen LogP) is 1.45. The van der Waals surface area contributed by atoms with E-state index in [9.17, 15) is 14.0 Å². The first-order valence-corrected chi connectivity index (χ1v) is 3.77. The Kier molecular flexibility index (Phi) is 2.71. The molecular weight excluding hydrogens is 215 g/mol. The Labute approximate surface area is 82.5 Å². The van der Waals surface area contributed by atoms with Gasteiger partial charge in [0.15, 0.2) is 0 Å². The van der Waals surface area contributed by atoms with Crippen molar-refractivity contribution < 1.29 is 24.2 Å². The summed E-state index contributed by atoms with van der Waals surface area (Å²) >= 11 is 5.37. The predicted molar refractivity (Wildman–Crippen MR) is 45.0 cm³/mol. The van der Waals surface area contributed by atoms with Crippen LogP contribution in [0.4, 0.5) is 4.39 Å². The molecule has 0 aliphatic carbocycles. The average molecular weight is 219 g/mol. The molecule has 6 heteroatoms. The van der Waals surface area contributed by atoms with Gasteiger partial charge < -0.3 is 10.2 Å². The minimum Gasteiger partial charge on any atom is -0.506 e. The second-order valence-corrected chi connectivity index (χ2v) is 2.82. The molecule has 1 rings (SSSR count). The molecule has 0 aliphatic heterocycles. The maximum Gasteiger partial charge on any atom is 0.377 e. The number of benzene rings is 1. The van der Waals surface area contributed by atoms with E-state index in [0.29, 0.717) is 6.07 Å². The van der Waals surface area contributed by atoms with Gasteiger partial charge in [-0.15, -0.1) is 0 Å². The molecule has 74 valence electrons. The van der Waals surface area contributed by atoms with Crippen molar-refractivity contribution in [1.82, 2.24) is 0 Å². The molecule has 0 aromatic heterocycles. The zero-order valence-corrected chi connectivity index (χ0v) is 7.38. The maximum atomic E-state index is 12.9. The quantitative estimate of drug-likeness (QED) is 0.582. The van der Waals surface area contributed by atoms with Crippen LogP contribution in [0.3, 0.4) is 0 Å². The Bertz CT molecular complexity index is 416. The number of hydrogen-bond donors (Lipinski definition) is 2. The Hall–Kier alpha value is -1.62. The first kappa shape index (κ1) is 10.5. The van der Waals surface area contributed by atoms with Crippen molar-refractivity contribution in [3.63, 3.8) is 0 Å². The van der Waals surface area contributed by atoms with Crippen molar-refractivity contribution in [3.05, 3.63) is 28.5 Å². The van der Waals surface area contributed by atoms with E-state index < -0.39 is 28.9 Å². The van der Waals surface area contributed by atoms with Crippen LogP contribution in [0.2, 0.25) is 5.02 Å². The van der Waals surface area contributed by atoms with Gasteiger partial charge in [0.1, 0.15) is 11.6 Å². The highest BCUT2D eigenvalue weighted by atomic mass is 35.5. The average Bonchev–Trinajstić information content (AvgIpc) is 2.10. The van der Waals surface area contributed by atoms with Gasteiger partial charge in [0, 0.05) is 6.07 Å². The second-order valence-electron chi connectivity index (χ2n) is 2.42. The number of phenols is 1. The molecule has 0 amide bonds. The lowest BCUT2D eigenvalue weighted by Gasteiger charge is -2.01. The van der Waals surface area contributed by atoms with Gasteiger partial charge in [-0.2, -0.15) is 0 Å². The molecule has 0 atom stereocenters. The molecular formula is C8H4ClFO4. The minimum absolute atomic E-state index is 0.281. The third kappa shape index (κ3) is 1.82. The number of carboxylic acid groups (broad SMARTS) is 1. The van der Waals surface area contributed by atoms with E-state index in [2.05, 4.69) is 0 Å². The number of aromatic hydroxyl groups is 1. The monoisotopic (exact) mass is 218 g/mol. The number of carbonyl (C=O) groups excluding carboxylic acids is 1. The van der Waals surface area contributed by atoms with E-state index in [4.69, 9.17) is 21.8 Å². The summed E-state index contributed by atoms with van der Waals surface area (Å²) in [5.74, 6) is -4.87. The van der Waals surface area contributed by atoms with Gasteiger partial charge >= 0.3 is 5.97 Å². The summed E-state index contributed by atoms with van der Waals surface area (Å²) in [6.07, 6.45) is 0. The number of halogens is 2. The van der Waals surface area contributed by atoms with Crippen LogP contribution >= 0.6 is 11.6 Å². The number of Topliss-reactive ketones (excluding diaryl/α,β-unsaturated/α-hetero) is 1. The topological polar surface area (TPSA) is 74.6 Å². The van der Waals surface area contributed by atoms with Crippen molar-refractivity contribution >= 4 is 23.4 Å². The molecule has 2 N–H and O–H groups in total. The molecule has 1 aromatic carbocycles. The highest BCUT2D eigenvalue weighted by Gasteiger charge is 2.20. The first-order valence-electron chi connectivity index (χ1n) is 3.39. The smallest absolute Gasteiger partial charge is 0.377 e. The summed E-state index contributed by atoms with van der Waals surface area (Å²) in [6, 6.07) is 1.35. The minimum atomic E-state index is -1.79. The van der Waals surface area contributed by atoms with Gasteiger partial charge in [-0.1, -0.05) is 11.6 Å². The highest BCUT2D eigenvalue weighted by Crippen LogP contribution is 2.26. The maximum absolute atomic E-state index is 12.9. The standard InChI is InChI=1S/C8H4ClFO4/c9-4-1-3(7(12)8(13)14)5(10)2-6(4)11/h1-2,11H,(H,13,14). The lowest BCUT2D eigenvalue weighted by Crippen LogP contribution is -2.14. The van der Waals surface area contributed by atoms with Crippen LogP contribution in [-0.4, -0.2) is 22.0 Å². The zero-order valence-electron chi connectivity index (χ0n) is 6.62. The van der Waals surface area contributed by atoms with Crippen LogP contribution in [0.5, 0.6) is 5.75 Å². The number of hydrogen-bond acceptors (Lipinski definition) is 3. The Balaban J connectivity index is 3.29. The van der Waals surface area contributed by atoms with Crippen LogP contribution in [0.15, 0.2) is 12.1 Å². The molecule has 0 fully saturated rings. The fourth-order valence-electron chi connectivity index (χ4n) is 0.826. The van der Waals surface area contributed by atoms with E-state index in [1.54, 1.807) is 0 Å². The zero-order chi connectivity index (χ0) is 10.9. The fraction of sp³-hybridized carbons (Fsp3) is 0. The van der Waals surface area contributed by atoms with E-state index in [1.807, 2.05) is 0 Å². The lowest BCUT2D eigenvalue weighted by atomic mass is 10.1. The molecule has 0 radical (unpaired) electrons. The van der Waals surface area contributed by atoms with Crippen molar-refractivity contribution in [1.29, 1.82) is 0 Å². The molecule has 0 saturated heterocycles. The SMILES string of the molecule is O=C(O)C(=O)c1cc(Cl)c(O)cc1F. The molecule has 0 bridgehead atoms. The van der Waals surface area contributed by atoms with Gasteiger partial charge in [-0.25, -0.2) is 9.18 Å². The summed E-state index contributed by atoms with van der Waals surface area (Å²) in [7, 11) is 0. The van der Waals surface area contributed by atoms with Crippen LogP contribution in [0.25, 0.3) is 0 Å². The Morgan fingerprint density at radius 3 is 2.43 bits per heavy atom. The third-order valence-corrected chi connectivity index (χ3v) is 1.78. The number of phenolic OH excluding ortho intramolecular Hbond substituents is 1. The van der Waals surface area contributed by atoms with Gasteiger partial charge in [0.05, 0.1) is 10.6 Å². The van der Waals surface area contributed by atoms with Crippen LogP contribution in [-0.2, 0) is 4.79 Å². The second kappa shape index (κ2) is 3.63. The molecule has 1 aromatic rings. The largest absolute Gasteiger partial charge is 0.506 e. The molecule has 0 unspecified atom stereocenters. The summed E-state index contributed by atoms with van der Waals surface area (Å²) in [6.45, 7) is 0. The normalized spacial score (nSPS) is 9.86. The lowest BCUT2D eigenvalue weighted by molar-refractivity contribution is -0.131. The van der Waals surface area contributed by atoms with E-state index in [-0.39, 0.29) is 5.02 Å². The van der Waals surface area contributed by atoms with E-state index in [0.717, 1.165) is 6.07 Å². The molecule has 0 aliphatic rings. The van der Waals surface area contributed by atoms with Gasteiger partial charge in [-0.3, -0.25) is 4.79 Å². The molecule has 4 nitrogen and oxygen atoms in total. The summed E-state index contributed by atoms with van der Waals surface area (Å²) in [5, 5.41) is 16.9. The van der Waals surface area contributed by atoms with Crippen molar-refractivity contribution in [2.24, 2.45) is 0 Å². The molecule has 14 heavy (non-hydrogen) atoms. The van der Waals surface area contributed by atoms with Crippen LogP contribution < -0.4 is 0 Å². The van der Waals surface area contributed by atoms with Crippen LogP contribution in [0.1, 0.15) is 10.4 Å². The summed E-state index contributed by atoms with van der Waals surface area (Å²) in [4.78, 5) is 21.1. The van der Waals surface area contributed by atoms with Crippen LogP contribution in [0, 0.1) is 5.82 Å². The van der Waals surface area contributed by atoms with E-state index >= 15 is 0 Å². The van der Waals surface area contributed by atoms with Crippen molar-refractivity contribution in [2.75, 3.05) is 0 Å².